The van der Waals surface area contributed by atoms with E-state index in [1.165, 1.54) is 16.2 Å². The van der Waals surface area contributed by atoms with Crippen LogP contribution in [-0.2, 0) is 16.0 Å². The van der Waals surface area contributed by atoms with Gasteiger partial charge >= 0.3 is 5.91 Å². The maximum Gasteiger partial charge on any atom is 0.301 e. The second-order valence-electron chi connectivity index (χ2n) is 6.42. The summed E-state index contributed by atoms with van der Waals surface area (Å²) in [4.78, 5) is 27.2. The van der Waals surface area contributed by atoms with Crippen LogP contribution >= 0.6 is 22.9 Å². The molecular weight excluding hydrogens is 410 g/mol. The summed E-state index contributed by atoms with van der Waals surface area (Å²) in [5, 5.41) is 20.7. The van der Waals surface area contributed by atoms with Crippen LogP contribution in [0.4, 0.5) is 5.13 Å². The van der Waals surface area contributed by atoms with Crippen molar-refractivity contribution in [1.29, 1.82) is 0 Å². The molecule has 2 heterocycles. The largest absolute Gasteiger partial charge is 0.507 e. The molecule has 1 saturated heterocycles. The summed E-state index contributed by atoms with van der Waals surface area (Å²) in [7, 11) is 0. The van der Waals surface area contributed by atoms with Crippen LogP contribution in [0.5, 0.6) is 0 Å². The standard InChI is InChI=1S/C21H16ClN3O3S/c1-2-15-23-24-21(29-15)25-17(12-8-10-14(22)11-9-12)16(19(27)20(25)28)18(26)13-6-4-3-5-7-13/h3-11,17,26H,2H2,1H3/b18-16+. The first-order valence-electron chi connectivity index (χ1n) is 8.95. The van der Waals surface area contributed by atoms with E-state index < -0.39 is 17.7 Å². The number of hydrogen-bond donors (Lipinski definition) is 1. The summed E-state index contributed by atoms with van der Waals surface area (Å²) in [5.41, 5.74) is 1.10. The van der Waals surface area contributed by atoms with Gasteiger partial charge in [0, 0.05) is 10.6 Å². The van der Waals surface area contributed by atoms with Crippen molar-refractivity contribution < 1.29 is 14.7 Å². The number of rotatable bonds is 4. The lowest BCUT2D eigenvalue weighted by atomic mass is 9.95. The Morgan fingerprint density at radius 1 is 1.10 bits per heavy atom. The fraction of sp³-hybridized carbons (Fsp3) is 0.143. The van der Waals surface area contributed by atoms with Crippen molar-refractivity contribution >= 4 is 45.5 Å². The van der Waals surface area contributed by atoms with Gasteiger partial charge in [0.05, 0.1) is 11.6 Å². The van der Waals surface area contributed by atoms with Crippen molar-refractivity contribution in [2.24, 2.45) is 0 Å². The Balaban J connectivity index is 1.93. The molecule has 8 heteroatoms. The quantitative estimate of drug-likeness (QED) is 0.381. The molecule has 1 amide bonds. The molecular formula is C21H16ClN3O3S. The van der Waals surface area contributed by atoms with E-state index in [9.17, 15) is 14.7 Å². The van der Waals surface area contributed by atoms with Crippen LogP contribution in [0.1, 0.15) is 29.1 Å². The van der Waals surface area contributed by atoms with E-state index in [4.69, 9.17) is 11.6 Å². The number of benzene rings is 2. The zero-order valence-corrected chi connectivity index (χ0v) is 16.9. The van der Waals surface area contributed by atoms with Gasteiger partial charge < -0.3 is 5.11 Å². The van der Waals surface area contributed by atoms with E-state index in [1.807, 2.05) is 6.92 Å². The zero-order chi connectivity index (χ0) is 20.5. The summed E-state index contributed by atoms with van der Waals surface area (Å²) in [6.07, 6.45) is 0.664. The van der Waals surface area contributed by atoms with E-state index in [1.54, 1.807) is 54.6 Å². The highest BCUT2D eigenvalue weighted by molar-refractivity contribution is 7.15. The average Bonchev–Trinajstić information content (AvgIpc) is 3.32. The van der Waals surface area contributed by atoms with Gasteiger partial charge in [-0.3, -0.25) is 14.5 Å². The molecule has 0 aliphatic carbocycles. The van der Waals surface area contributed by atoms with Crippen LogP contribution in [-0.4, -0.2) is 27.0 Å². The first kappa shape index (κ1) is 19.3. The molecule has 1 aliphatic rings. The molecule has 29 heavy (non-hydrogen) atoms. The minimum absolute atomic E-state index is 0.0109. The SMILES string of the molecule is CCc1nnc(N2C(=O)C(=O)/C(=C(/O)c3ccccc3)C2c2ccc(Cl)cc2)s1. The normalized spacial score (nSPS) is 18.4. The number of carbonyl (C=O) groups excluding carboxylic acids is 2. The molecule has 2 aromatic carbocycles. The van der Waals surface area contributed by atoms with E-state index in [2.05, 4.69) is 10.2 Å². The Hall–Kier alpha value is -3.03. The molecule has 1 atom stereocenters. The lowest BCUT2D eigenvalue weighted by Crippen LogP contribution is -2.29. The lowest BCUT2D eigenvalue weighted by Gasteiger charge is -2.22. The first-order valence-corrected chi connectivity index (χ1v) is 10.1. The maximum absolute atomic E-state index is 13.0. The van der Waals surface area contributed by atoms with E-state index >= 15 is 0 Å². The van der Waals surface area contributed by atoms with Gasteiger partial charge in [0.25, 0.3) is 5.78 Å². The predicted octanol–water partition coefficient (Wildman–Crippen LogP) is 4.38. The van der Waals surface area contributed by atoms with Crippen LogP contribution < -0.4 is 4.90 Å². The van der Waals surface area contributed by atoms with Crippen molar-refractivity contribution in [3.63, 3.8) is 0 Å². The van der Waals surface area contributed by atoms with Crippen molar-refractivity contribution in [3.05, 3.63) is 81.3 Å². The van der Waals surface area contributed by atoms with Gasteiger partial charge in [0.2, 0.25) is 5.13 Å². The summed E-state index contributed by atoms with van der Waals surface area (Å²) in [5.74, 6) is -1.74. The summed E-state index contributed by atoms with van der Waals surface area (Å²) < 4.78 is 0. The molecule has 4 rings (SSSR count). The maximum atomic E-state index is 13.0. The number of nitrogens with zero attached hydrogens (tertiary/aromatic N) is 3. The van der Waals surface area contributed by atoms with Crippen molar-refractivity contribution in [2.75, 3.05) is 4.90 Å². The summed E-state index contributed by atoms with van der Waals surface area (Å²) in [6.45, 7) is 1.94. The van der Waals surface area contributed by atoms with Gasteiger partial charge in [-0.2, -0.15) is 0 Å². The fourth-order valence-corrected chi connectivity index (χ4v) is 4.16. The van der Waals surface area contributed by atoms with Crippen LogP contribution in [0.15, 0.2) is 60.2 Å². The van der Waals surface area contributed by atoms with Crippen LogP contribution in [0, 0.1) is 0 Å². The van der Waals surface area contributed by atoms with Crippen LogP contribution in [0.3, 0.4) is 0 Å². The molecule has 1 aromatic heterocycles. The van der Waals surface area contributed by atoms with Gasteiger partial charge in [0.1, 0.15) is 10.8 Å². The number of carbonyl (C=O) groups is 2. The van der Waals surface area contributed by atoms with Crippen molar-refractivity contribution in [1.82, 2.24) is 10.2 Å². The van der Waals surface area contributed by atoms with E-state index in [0.29, 0.717) is 27.7 Å². The monoisotopic (exact) mass is 425 g/mol. The van der Waals surface area contributed by atoms with Crippen LogP contribution in [0.2, 0.25) is 5.02 Å². The second kappa shape index (κ2) is 7.77. The molecule has 0 bridgehead atoms. The Morgan fingerprint density at radius 2 is 1.79 bits per heavy atom. The fourth-order valence-electron chi connectivity index (χ4n) is 3.23. The highest BCUT2D eigenvalue weighted by atomic mass is 35.5. The van der Waals surface area contributed by atoms with Gasteiger partial charge in [-0.15, -0.1) is 10.2 Å². The summed E-state index contributed by atoms with van der Waals surface area (Å²) in [6, 6.07) is 14.7. The van der Waals surface area contributed by atoms with E-state index in [-0.39, 0.29) is 11.3 Å². The smallest absolute Gasteiger partial charge is 0.301 e. The molecule has 0 saturated carbocycles. The van der Waals surface area contributed by atoms with Crippen molar-refractivity contribution in [2.45, 2.75) is 19.4 Å². The number of halogens is 1. The predicted molar refractivity (Wildman–Crippen MR) is 112 cm³/mol. The molecule has 6 nitrogen and oxygen atoms in total. The molecule has 1 N–H and O–H groups in total. The number of aliphatic hydroxyl groups is 1. The van der Waals surface area contributed by atoms with Crippen molar-refractivity contribution in [3.8, 4) is 0 Å². The Labute approximate surface area is 176 Å². The Morgan fingerprint density at radius 3 is 2.41 bits per heavy atom. The van der Waals surface area contributed by atoms with E-state index in [0.717, 1.165) is 5.01 Å². The number of hydrogen-bond acceptors (Lipinski definition) is 6. The number of anilines is 1. The Kier molecular flexibility index (Phi) is 5.17. The number of aliphatic hydroxyl groups excluding tert-OH is 1. The minimum Gasteiger partial charge on any atom is -0.507 e. The van der Waals surface area contributed by atoms with Crippen LogP contribution in [0.25, 0.3) is 5.76 Å². The lowest BCUT2D eigenvalue weighted by molar-refractivity contribution is -0.132. The molecule has 1 aliphatic heterocycles. The molecule has 1 unspecified atom stereocenters. The second-order valence-corrected chi connectivity index (χ2v) is 7.90. The van der Waals surface area contributed by atoms with Gasteiger partial charge in [-0.25, -0.2) is 0 Å². The number of aromatic nitrogens is 2. The topological polar surface area (TPSA) is 83.4 Å². The highest BCUT2D eigenvalue weighted by Crippen LogP contribution is 2.43. The minimum atomic E-state index is -0.829. The third-order valence-corrected chi connectivity index (χ3v) is 5.96. The van der Waals surface area contributed by atoms with Gasteiger partial charge in [0.15, 0.2) is 0 Å². The average molecular weight is 426 g/mol. The summed E-state index contributed by atoms with van der Waals surface area (Å²) >= 11 is 7.26. The number of ketones is 1. The Bertz CT molecular complexity index is 1110. The molecule has 1 fully saturated rings. The number of aryl methyl sites for hydroxylation is 1. The third-order valence-electron chi connectivity index (χ3n) is 4.64. The molecule has 3 aromatic rings. The first-order chi connectivity index (χ1) is 14.0. The molecule has 146 valence electrons. The molecule has 0 spiro atoms. The molecule has 0 radical (unpaired) electrons. The van der Waals surface area contributed by atoms with Gasteiger partial charge in [-0.1, -0.05) is 72.3 Å². The number of amides is 1. The number of Topliss-reactive ketones (excluding diaryl/α,β-unsaturated/α-hetero) is 1. The highest BCUT2D eigenvalue weighted by Gasteiger charge is 2.48. The zero-order valence-electron chi connectivity index (χ0n) is 15.4. The third kappa shape index (κ3) is 3.43. The van der Waals surface area contributed by atoms with Gasteiger partial charge in [-0.05, 0) is 24.1 Å².